The largest absolute Gasteiger partial charge is 0.497 e. The Labute approximate surface area is 176 Å². The molecule has 0 bridgehead atoms. The summed E-state index contributed by atoms with van der Waals surface area (Å²) in [6.07, 6.45) is 5.37. The Morgan fingerprint density at radius 2 is 1.97 bits per heavy atom. The number of nitrogens with zero attached hydrogens (tertiary/aromatic N) is 3. The average molecular weight is 403 g/mol. The van der Waals surface area contributed by atoms with Gasteiger partial charge >= 0.3 is 0 Å². The van der Waals surface area contributed by atoms with Gasteiger partial charge in [0, 0.05) is 31.7 Å². The number of aromatic nitrogens is 2. The van der Waals surface area contributed by atoms with Crippen LogP contribution in [-0.4, -0.2) is 41.5 Å². The van der Waals surface area contributed by atoms with Gasteiger partial charge in [-0.05, 0) is 66.9 Å². The van der Waals surface area contributed by atoms with Gasteiger partial charge in [-0.3, -0.25) is 4.79 Å². The van der Waals surface area contributed by atoms with Crippen molar-refractivity contribution in [1.82, 2.24) is 14.9 Å². The van der Waals surface area contributed by atoms with E-state index in [1.54, 1.807) is 25.6 Å². The molecular formula is C23H25N5O2. The highest BCUT2D eigenvalue weighted by atomic mass is 16.5. The SMILES string of the molecule is CNc1cc([C@H]2CCCN2C(=O)c2cccnc2Nc2ccc(OC)cc2)ccn1. The van der Waals surface area contributed by atoms with Gasteiger partial charge in [-0.15, -0.1) is 0 Å². The van der Waals surface area contributed by atoms with Crippen molar-refractivity contribution in [1.29, 1.82) is 0 Å². The summed E-state index contributed by atoms with van der Waals surface area (Å²) in [5, 5.41) is 6.33. The third-order valence-electron chi connectivity index (χ3n) is 5.33. The van der Waals surface area contributed by atoms with Crippen LogP contribution >= 0.6 is 0 Å². The van der Waals surface area contributed by atoms with E-state index in [4.69, 9.17) is 4.74 Å². The molecule has 3 aromatic rings. The third kappa shape index (κ3) is 4.05. The molecule has 154 valence electrons. The summed E-state index contributed by atoms with van der Waals surface area (Å²) >= 11 is 0. The molecular weight excluding hydrogens is 378 g/mol. The second-order valence-corrected chi connectivity index (χ2v) is 7.13. The minimum Gasteiger partial charge on any atom is -0.497 e. The van der Waals surface area contributed by atoms with Crippen molar-refractivity contribution in [3.63, 3.8) is 0 Å². The van der Waals surface area contributed by atoms with Crippen molar-refractivity contribution < 1.29 is 9.53 Å². The summed E-state index contributed by atoms with van der Waals surface area (Å²) in [4.78, 5) is 24.1. The van der Waals surface area contributed by atoms with Gasteiger partial charge in [0.15, 0.2) is 0 Å². The van der Waals surface area contributed by atoms with Gasteiger partial charge in [0.1, 0.15) is 17.4 Å². The number of likely N-dealkylation sites (tertiary alicyclic amines) is 1. The van der Waals surface area contributed by atoms with E-state index in [9.17, 15) is 4.79 Å². The molecule has 1 atom stereocenters. The van der Waals surface area contributed by atoms with E-state index in [1.807, 2.05) is 54.4 Å². The molecule has 7 heteroatoms. The van der Waals surface area contributed by atoms with Crippen molar-refractivity contribution in [2.24, 2.45) is 0 Å². The highest BCUT2D eigenvalue weighted by Crippen LogP contribution is 2.34. The molecule has 1 aliphatic rings. The average Bonchev–Trinajstić information content (AvgIpc) is 3.29. The fourth-order valence-electron chi connectivity index (χ4n) is 3.79. The van der Waals surface area contributed by atoms with Crippen molar-refractivity contribution in [3.8, 4) is 5.75 Å². The van der Waals surface area contributed by atoms with Crippen LogP contribution in [0, 0.1) is 0 Å². The van der Waals surface area contributed by atoms with Gasteiger partial charge in [0.2, 0.25) is 0 Å². The van der Waals surface area contributed by atoms with E-state index in [0.29, 0.717) is 11.4 Å². The smallest absolute Gasteiger partial charge is 0.258 e. The van der Waals surface area contributed by atoms with Crippen LogP contribution in [0.4, 0.5) is 17.3 Å². The van der Waals surface area contributed by atoms with Crippen LogP contribution in [0.5, 0.6) is 5.75 Å². The number of ether oxygens (including phenoxy) is 1. The number of amides is 1. The summed E-state index contributed by atoms with van der Waals surface area (Å²) in [5.41, 5.74) is 2.49. The number of nitrogens with one attached hydrogen (secondary N) is 2. The molecule has 1 fully saturated rings. The zero-order chi connectivity index (χ0) is 20.9. The Morgan fingerprint density at radius 1 is 1.13 bits per heavy atom. The number of carbonyl (C=O) groups excluding carboxylic acids is 1. The van der Waals surface area contributed by atoms with E-state index >= 15 is 0 Å². The molecule has 2 N–H and O–H groups in total. The van der Waals surface area contributed by atoms with Crippen molar-refractivity contribution >= 4 is 23.2 Å². The maximum absolute atomic E-state index is 13.5. The van der Waals surface area contributed by atoms with Crippen LogP contribution < -0.4 is 15.4 Å². The number of methoxy groups -OCH3 is 1. The first-order chi connectivity index (χ1) is 14.7. The van der Waals surface area contributed by atoms with Gasteiger partial charge < -0.3 is 20.3 Å². The molecule has 1 amide bonds. The first-order valence-corrected chi connectivity index (χ1v) is 10.0. The highest BCUT2D eigenvalue weighted by Gasteiger charge is 2.32. The fraction of sp³-hybridized carbons (Fsp3) is 0.261. The van der Waals surface area contributed by atoms with Crippen LogP contribution in [0.1, 0.15) is 34.8 Å². The molecule has 0 unspecified atom stereocenters. The van der Waals surface area contributed by atoms with E-state index in [1.165, 1.54) is 0 Å². The van der Waals surface area contributed by atoms with Crippen molar-refractivity contribution in [2.75, 3.05) is 31.3 Å². The second kappa shape index (κ2) is 8.82. The Morgan fingerprint density at radius 3 is 2.73 bits per heavy atom. The van der Waals surface area contributed by atoms with E-state index < -0.39 is 0 Å². The highest BCUT2D eigenvalue weighted by molar-refractivity contribution is 5.99. The van der Waals surface area contributed by atoms with Crippen LogP contribution in [0.3, 0.4) is 0 Å². The normalized spacial score (nSPS) is 15.7. The van der Waals surface area contributed by atoms with Gasteiger partial charge in [0.25, 0.3) is 5.91 Å². The van der Waals surface area contributed by atoms with Gasteiger partial charge in [-0.1, -0.05) is 0 Å². The number of hydrogen-bond acceptors (Lipinski definition) is 6. The van der Waals surface area contributed by atoms with E-state index in [-0.39, 0.29) is 11.9 Å². The first-order valence-electron chi connectivity index (χ1n) is 10.0. The Balaban J connectivity index is 1.59. The molecule has 3 heterocycles. The first kappa shape index (κ1) is 19.7. The Bertz CT molecular complexity index is 1020. The monoisotopic (exact) mass is 403 g/mol. The lowest BCUT2D eigenvalue weighted by Crippen LogP contribution is -2.31. The lowest BCUT2D eigenvalue weighted by molar-refractivity contribution is 0.0736. The van der Waals surface area contributed by atoms with Crippen LogP contribution in [0.2, 0.25) is 0 Å². The van der Waals surface area contributed by atoms with Crippen LogP contribution in [-0.2, 0) is 0 Å². The van der Waals surface area contributed by atoms with Crippen molar-refractivity contribution in [2.45, 2.75) is 18.9 Å². The van der Waals surface area contributed by atoms with E-state index in [0.717, 1.165) is 42.2 Å². The molecule has 0 spiro atoms. The molecule has 1 aromatic carbocycles. The summed E-state index contributed by atoms with van der Waals surface area (Å²) in [7, 11) is 3.48. The maximum atomic E-state index is 13.5. The Hall–Kier alpha value is -3.61. The Kier molecular flexibility index (Phi) is 5.79. The zero-order valence-corrected chi connectivity index (χ0v) is 17.1. The standard InChI is InChI=1S/C23H25N5O2/c1-24-21-15-16(11-13-25-21)20-6-4-14-28(20)23(29)19-5-3-12-26-22(19)27-17-7-9-18(30-2)10-8-17/h3,5,7-13,15,20H,4,6,14H2,1-2H3,(H,24,25)(H,26,27)/t20-/m1/s1. The summed E-state index contributed by atoms with van der Waals surface area (Å²) in [6.45, 7) is 0.720. The molecule has 0 radical (unpaired) electrons. The number of hydrogen-bond donors (Lipinski definition) is 2. The molecule has 4 rings (SSSR count). The molecule has 30 heavy (non-hydrogen) atoms. The summed E-state index contributed by atoms with van der Waals surface area (Å²) < 4.78 is 5.21. The summed E-state index contributed by atoms with van der Waals surface area (Å²) in [6, 6.07) is 15.2. The molecule has 1 aliphatic heterocycles. The summed E-state index contributed by atoms with van der Waals surface area (Å²) in [5.74, 6) is 2.10. The number of pyridine rings is 2. The van der Waals surface area contributed by atoms with Gasteiger partial charge in [-0.2, -0.15) is 0 Å². The minimum atomic E-state index is -0.0237. The fourth-order valence-corrected chi connectivity index (χ4v) is 3.79. The minimum absolute atomic E-state index is 0.0237. The molecule has 7 nitrogen and oxygen atoms in total. The topological polar surface area (TPSA) is 79.4 Å². The molecule has 2 aromatic heterocycles. The molecule has 1 saturated heterocycles. The molecule has 0 saturated carbocycles. The second-order valence-electron chi connectivity index (χ2n) is 7.13. The maximum Gasteiger partial charge on any atom is 0.258 e. The zero-order valence-electron chi connectivity index (χ0n) is 17.1. The van der Waals surface area contributed by atoms with Crippen molar-refractivity contribution in [3.05, 3.63) is 72.1 Å². The van der Waals surface area contributed by atoms with Gasteiger partial charge in [0.05, 0.1) is 18.7 Å². The number of rotatable bonds is 6. The number of benzene rings is 1. The van der Waals surface area contributed by atoms with Crippen LogP contribution in [0.25, 0.3) is 0 Å². The lowest BCUT2D eigenvalue weighted by Gasteiger charge is -2.26. The number of carbonyl (C=O) groups is 1. The number of anilines is 3. The lowest BCUT2D eigenvalue weighted by atomic mass is 10.0. The quantitative estimate of drug-likeness (QED) is 0.641. The predicted octanol–water partition coefficient (Wildman–Crippen LogP) is 4.25. The predicted molar refractivity (Wildman–Crippen MR) is 117 cm³/mol. The third-order valence-corrected chi connectivity index (χ3v) is 5.33. The molecule has 0 aliphatic carbocycles. The van der Waals surface area contributed by atoms with E-state index in [2.05, 4.69) is 20.6 Å². The van der Waals surface area contributed by atoms with Crippen LogP contribution in [0.15, 0.2) is 60.9 Å². The van der Waals surface area contributed by atoms with Gasteiger partial charge in [-0.25, -0.2) is 9.97 Å².